The van der Waals surface area contributed by atoms with Gasteiger partial charge in [0, 0.05) is 11.8 Å². The van der Waals surface area contributed by atoms with Crippen LogP contribution in [0.25, 0.3) is 0 Å². The summed E-state index contributed by atoms with van der Waals surface area (Å²) in [5.74, 6) is 0.183. The summed E-state index contributed by atoms with van der Waals surface area (Å²) >= 11 is 0. The number of benzene rings is 1. The molecule has 1 aliphatic heterocycles. The van der Waals surface area contributed by atoms with Crippen molar-refractivity contribution in [2.24, 2.45) is 5.92 Å². The fraction of sp³-hybridized carbons (Fsp3) is 0.357. The van der Waals surface area contributed by atoms with Crippen molar-refractivity contribution in [3.05, 3.63) is 35.9 Å². The molecule has 4 heteroatoms. The van der Waals surface area contributed by atoms with Crippen LogP contribution >= 0.6 is 0 Å². The lowest BCUT2D eigenvalue weighted by Gasteiger charge is -2.35. The zero-order valence-electron chi connectivity index (χ0n) is 10.1. The van der Waals surface area contributed by atoms with Crippen molar-refractivity contribution in [1.29, 1.82) is 0 Å². The molecule has 1 aliphatic carbocycles. The Morgan fingerprint density at radius 2 is 2.33 bits per heavy atom. The van der Waals surface area contributed by atoms with Gasteiger partial charge in [-0.2, -0.15) is 0 Å². The van der Waals surface area contributed by atoms with Crippen LogP contribution in [0.1, 0.15) is 17.9 Å². The average molecular weight is 245 g/mol. The van der Waals surface area contributed by atoms with Gasteiger partial charge in [0.05, 0.1) is 12.8 Å². The van der Waals surface area contributed by atoms with E-state index in [-0.39, 0.29) is 11.8 Å². The van der Waals surface area contributed by atoms with Crippen LogP contribution in [0.4, 0.5) is 5.69 Å². The molecule has 1 aromatic rings. The van der Waals surface area contributed by atoms with Crippen LogP contribution in [0.15, 0.2) is 30.4 Å². The number of hydrogen-bond donors (Lipinski definition) is 2. The van der Waals surface area contributed by atoms with Crippen molar-refractivity contribution in [2.45, 2.75) is 18.4 Å². The molecular formula is C14H15NO3. The van der Waals surface area contributed by atoms with E-state index in [4.69, 9.17) is 4.74 Å². The SMILES string of the molecule is COc1cccc2c1N[C@@H](C(=O)O)[C@H]1CC=C[C@@H]21. The summed E-state index contributed by atoms with van der Waals surface area (Å²) in [7, 11) is 1.60. The topological polar surface area (TPSA) is 58.6 Å². The van der Waals surface area contributed by atoms with Crippen LogP contribution in [0.3, 0.4) is 0 Å². The van der Waals surface area contributed by atoms with Gasteiger partial charge in [0.25, 0.3) is 0 Å². The second-order valence-electron chi connectivity index (χ2n) is 4.74. The summed E-state index contributed by atoms with van der Waals surface area (Å²) in [5, 5.41) is 12.5. The predicted molar refractivity (Wildman–Crippen MR) is 68.0 cm³/mol. The highest BCUT2D eigenvalue weighted by atomic mass is 16.5. The van der Waals surface area contributed by atoms with E-state index in [0.29, 0.717) is 5.75 Å². The number of anilines is 1. The van der Waals surface area contributed by atoms with Crippen molar-refractivity contribution in [2.75, 3.05) is 12.4 Å². The Labute approximate surface area is 105 Å². The van der Waals surface area contributed by atoms with Gasteiger partial charge in [0.1, 0.15) is 11.8 Å². The zero-order chi connectivity index (χ0) is 12.7. The predicted octanol–water partition coefficient (Wildman–Crippen LogP) is 2.23. The largest absolute Gasteiger partial charge is 0.495 e. The van der Waals surface area contributed by atoms with Crippen LogP contribution in [0.2, 0.25) is 0 Å². The first-order valence-electron chi connectivity index (χ1n) is 6.05. The van der Waals surface area contributed by atoms with Gasteiger partial charge in [-0.25, -0.2) is 4.79 Å². The molecule has 2 N–H and O–H groups in total. The van der Waals surface area contributed by atoms with E-state index < -0.39 is 12.0 Å². The summed E-state index contributed by atoms with van der Waals surface area (Å²) in [6.07, 6.45) is 4.99. The average Bonchev–Trinajstić information content (AvgIpc) is 2.86. The number of aliphatic carboxylic acids is 1. The van der Waals surface area contributed by atoms with Crippen LogP contribution in [-0.4, -0.2) is 24.2 Å². The number of rotatable bonds is 2. The molecular weight excluding hydrogens is 230 g/mol. The monoisotopic (exact) mass is 245 g/mol. The van der Waals surface area contributed by atoms with Crippen LogP contribution < -0.4 is 10.1 Å². The molecule has 0 saturated carbocycles. The molecule has 3 atom stereocenters. The highest BCUT2D eigenvalue weighted by Gasteiger charge is 2.41. The minimum absolute atomic E-state index is 0.0992. The van der Waals surface area contributed by atoms with Crippen molar-refractivity contribution >= 4 is 11.7 Å². The van der Waals surface area contributed by atoms with Gasteiger partial charge in [-0.15, -0.1) is 0 Å². The smallest absolute Gasteiger partial charge is 0.326 e. The minimum atomic E-state index is -0.801. The molecule has 0 aromatic heterocycles. The van der Waals surface area contributed by atoms with E-state index in [1.54, 1.807) is 7.11 Å². The molecule has 0 amide bonds. The lowest BCUT2D eigenvalue weighted by atomic mass is 9.79. The van der Waals surface area contributed by atoms with Crippen LogP contribution in [0, 0.1) is 5.92 Å². The van der Waals surface area contributed by atoms with Crippen molar-refractivity contribution in [3.8, 4) is 5.75 Å². The highest BCUT2D eigenvalue weighted by molar-refractivity contribution is 5.82. The third kappa shape index (κ3) is 1.49. The Morgan fingerprint density at radius 1 is 1.50 bits per heavy atom. The van der Waals surface area contributed by atoms with Crippen LogP contribution in [0.5, 0.6) is 5.75 Å². The van der Waals surface area contributed by atoms with E-state index in [9.17, 15) is 9.90 Å². The lowest BCUT2D eigenvalue weighted by Crippen LogP contribution is -2.41. The number of allylic oxidation sites excluding steroid dienone is 2. The number of fused-ring (bicyclic) bond motifs is 3. The van der Waals surface area contributed by atoms with Crippen molar-refractivity contribution < 1.29 is 14.6 Å². The first-order valence-corrected chi connectivity index (χ1v) is 6.05. The van der Waals surface area contributed by atoms with Gasteiger partial charge in [-0.3, -0.25) is 0 Å². The Balaban J connectivity index is 2.11. The van der Waals surface area contributed by atoms with E-state index in [1.807, 2.05) is 18.2 Å². The van der Waals surface area contributed by atoms with Gasteiger partial charge in [0.2, 0.25) is 0 Å². The fourth-order valence-corrected chi connectivity index (χ4v) is 3.01. The third-order valence-electron chi connectivity index (χ3n) is 3.84. The number of methoxy groups -OCH3 is 1. The molecule has 1 aromatic carbocycles. The minimum Gasteiger partial charge on any atom is -0.495 e. The Bertz CT molecular complexity index is 524. The number of hydrogen-bond acceptors (Lipinski definition) is 3. The number of carbonyl (C=O) groups is 1. The summed E-state index contributed by atoms with van der Waals surface area (Å²) in [4.78, 5) is 11.4. The van der Waals surface area contributed by atoms with Crippen LogP contribution in [-0.2, 0) is 4.79 Å². The molecule has 18 heavy (non-hydrogen) atoms. The number of ether oxygens (including phenoxy) is 1. The number of para-hydroxylation sites is 1. The molecule has 94 valence electrons. The van der Waals surface area contributed by atoms with Crippen molar-refractivity contribution in [3.63, 3.8) is 0 Å². The van der Waals surface area contributed by atoms with E-state index in [0.717, 1.165) is 17.7 Å². The van der Waals surface area contributed by atoms with E-state index >= 15 is 0 Å². The normalized spacial score (nSPS) is 28.2. The quantitative estimate of drug-likeness (QED) is 0.784. The number of carboxylic acid groups (broad SMARTS) is 1. The zero-order valence-corrected chi connectivity index (χ0v) is 10.1. The van der Waals surface area contributed by atoms with Gasteiger partial charge in [0.15, 0.2) is 0 Å². The number of nitrogens with one attached hydrogen (secondary N) is 1. The van der Waals surface area contributed by atoms with Gasteiger partial charge >= 0.3 is 5.97 Å². The lowest BCUT2D eigenvalue weighted by molar-refractivity contribution is -0.139. The molecule has 0 bridgehead atoms. The number of carboxylic acids is 1. The molecule has 0 saturated heterocycles. The molecule has 4 nitrogen and oxygen atoms in total. The highest BCUT2D eigenvalue weighted by Crippen LogP contribution is 2.47. The molecule has 2 aliphatic rings. The second-order valence-corrected chi connectivity index (χ2v) is 4.74. The third-order valence-corrected chi connectivity index (χ3v) is 3.84. The Morgan fingerprint density at radius 3 is 3.06 bits per heavy atom. The van der Waals surface area contributed by atoms with Crippen molar-refractivity contribution in [1.82, 2.24) is 0 Å². The van der Waals surface area contributed by atoms with Gasteiger partial charge < -0.3 is 15.2 Å². The maximum Gasteiger partial charge on any atom is 0.326 e. The fourth-order valence-electron chi connectivity index (χ4n) is 3.01. The summed E-state index contributed by atoms with van der Waals surface area (Å²) in [5.41, 5.74) is 1.95. The van der Waals surface area contributed by atoms with Gasteiger partial charge in [-0.1, -0.05) is 24.3 Å². The van der Waals surface area contributed by atoms with E-state index in [2.05, 4.69) is 17.5 Å². The second kappa shape index (κ2) is 4.05. The molecule has 1 heterocycles. The molecule has 0 radical (unpaired) electrons. The summed E-state index contributed by atoms with van der Waals surface area (Å²) in [6.45, 7) is 0. The Kier molecular flexibility index (Phi) is 2.51. The maximum absolute atomic E-state index is 11.4. The first-order chi connectivity index (χ1) is 8.72. The molecule has 0 unspecified atom stereocenters. The molecule has 0 spiro atoms. The maximum atomic E-state index is 11.4. The van der Waals surface area contributed by atoms with Gasteiger partial charge in [-0.05, 0) is 18.1 Å². The standard InChI is InChI=1S/C14H15NO3/c1-18-11-7-3-6-9-8-4-2-5-10(8)13(14(16)17)15-12(9)11/h2-4,6-8,10,13,15H,5H2,1H3,(H,16,17)/t8-,10-,13+/m0/s1. The Hall–Kier alpha value is -1.97. The summed E-state index contributed by atoms with van der Waals surface area (Å²) in [6, 6.07) is 5.29. The summed E-state index contributed by atoms with van der Waals surface area (Å²) < 4.78 is 5.31. The van der Waals surface area contributed by atoms with E-state index in [1.165, 1.54) is 0 Å². The molecule has 0 fully saturated rings. The first kappa shape index (κ1) is 11.1. The molecule has 3 rings (SSSR count).